The van der Waals surface area contributed by atoms with E-state index in [9.17, 15) is 9.90 Å². The fourth-order valence-electron chi connectivity index (χ4n) is 1.91. The van der Waals surface area contributed by atoms with Gasteiger partial charge in [0.05, 0.1) is 18.8 Å². The Morgan fingerprint density at radius 1 is 1.47 bits per heavy atom. The molecule has 0 spiro atoms. The van der Waals surface area contributed by atoms with Crippen LogP contribution in [0, 0.1) is 18.3 Å². The molecular formula is C14H13N3O2. The molecule has 19 heavy (non-hydrogen) atoms. The van der Waals surface area contributed by atoms with Gasteiger partial charge in [-0.15, -0.1) is 0 Å². The summed E-state index contributed by atoms with van der Waals surface area (Å²) in [6, 6.07) is 6.80. The Kier molecular flexibility index (Phi) is 3.74. The van der Waals surface area contributed by atoms with Gasteiger partial charge in [-0.1, -0.05) is 0 Å². The second-order valence-electron chi connectivity index (χ2n) is 4.18. The summed E-state index contributed by atoms with van der Waals surface area (Å²) in [5, 5.41) is 18.2. The van der Waals surface area contributed by atoms with Crippen molar-refractivity contribution in [2.75, 3.05) is 0 Å². The van der Waals surface area contributed by atoms with Crippen LogP contribution < -0.4 is 5.56 Å². The highest BCUT2D eigenvalue weighted by Crippen LogP contribution is 2.12. The maximum Gasteiger partial charge on any atom is 0.268 e. The van der Waals surface area contributed by atoms with Gasteiger partial charge in [0, 0.05) is 18.0 Å². The van der Waals surface area contributed by atoms with E-state index in [1.807, 2.05) is 19.1 Å². The molecule has 2 rings (SSSR count). The monoisotopic (exact) mass is 255 g/mol. The molecule has 0 saturated carbocycles. The third-order valence-corrected chi connectivity index (χ3v) is 3.00. The first kappa shape index (κ1) is 13.0. The van der Waals surface area contributed by atoms with E-state index in [1.165, 1.54) is 10.6 Å². The maximum atomic E-state index is 11.9. The van der Waals surface area contributed by atoms with E-state index in [1.54, 1.807) is 18.5 Å². The quantitative estimate of drug-likeness (QED) is 0.886. The Labute approximate surface area is 110 Å². The molecule has 2 aromatic rings. The molecule has 0 radical (unpaired) electrons. The number of aliphatic hydroxyl groups is 1. The normalized spacial score (nSPS) is 10.2. The van der Waals surface area contributed by atoms with Crippen molar-refractivity contribution in [3.05, 3.63) is 63.3 Å². The topological polar surface area (TPSA) is 78.9 Å². The molecule has 0 bridgehead atoms. The van der Waals surface area contributed by atoms with E-state index in [4.69, 9.17) is 5.26 Å². The first-order valence-electron chi connectivity index (χ1n) is 5.81. The lowest BCUT2D eigenvalue weighted by Gasteiger charge is -2.11. The third-order valence-electron chi connectivity index (χ3n) is 3.00. The fraction of sp³-hybridized carbons (Fsp3) is 0.214. The van der Waals surface area contributed by atoms with Gasteiger partial charge in [0.2, 0.25) is 0 Å². The van der Waals surface area contributed by atoms with E-state index >= 15 is 0 Å². The van der Waals surface area contributed by atoms with E-state index in [-0.39, 0.29) is 24.3 Å². The molecule has 5 nitrogen and oxygen atoms in total. The number of aryl methyl sites for hydroxylation is 1. The summed E-state index contributed by atoms with van der Waals surface area (Å²) >= 11 is 0. The summed E-state index contributed by atoms with van der Waals surface area (Å²) < 4.78 is 1.42. The van der Waals surface area contributed by atoms with Gasteiger partial charge in [0.1, 0.15) is 11.6 Å². The number of hydrogen-bond donors (Lipinski definition) is 1. The minimum atomic E-state index is -0.350. The highest BCUT2D eigenvalue weighted by atomic mass is 16.3. The van der Waals surface area contributed by atoms with E-state index in [0.29, 0.717) is 5.69 Å². The third kappa shape index (κ3) is 2.54. The molecule has 0 fully saturated rings. The lowest BCUT2D eigenvalue weighted by Crippen LogP contribution is -2.23. The van der Waals surface area contributed by atoms with Gasteiger partial charge in [0.15, 0.2) is 0 Å². The van der Waals surface area contributed by atoms with Crippen molar-refractivity contribution in [1.29, 1.82) is 5.26 Å². The van der Waals surface area contributed by atoms with Crippen LogP contribution >= 0.6 is 0 Å². The summed E-state index contributed by atoms with van der Waals surface area (Å²) in [7, 11) is 0. The Morgan fingerprint density at radius 3 is 2.95 bits per heavy atom. The highest BCUT2D eigenvalue weighted by molar-refractivity contribution is 5.29. The lowest BCUT2D eigenvalue weighted by atomic mass is 10.1. The Hall–Kier alpha value is -2.45. The van der Waals surface area contributed by atoms with Gasteiger partial charge in [0.25, 0.3) is 5.56 Å². The van der Waals surface area contributed by atoms with Gasteiger partial charge in [-0.3, -0.25) is 9.78 Å². The van der Waals surface area contributed by atoms with Gasteiger partial charge >= 0.3 is 0 Å². The average Bonchev–Trinajstić information content (AvgIpc) is 2.41. The zero-order valence-electron chi connectivity index (χ0n) is 10.5. The highest BCUT2D eigenvalue weighted by Gasteiger charge is 2.09. The van der Waals surface area contributed by atoms with Crippen molar-refractivity contribution in [2.24, 2.45) is 0 Å². The second-order valence-corrected chi connectivity index (χ2v) is 4.18. The molecule has 0 aliphatic rings. The summed E-state index contributed by atoms with van der Waals surface area (Å²) in [6.07, 6.45) is 3.25. The number of hydrogen-bond acceptors (Lipinski definition) is 4. The predicted octanol–water partition coefficient (Wildman–Crippen LogP) is 0.964. The van der Waals surface area contributed by atoms with Crippen molar-refractivity contribution in [1.82, 2.24) is 9.55 Å². The fourth-order valence-corrected chi connectivity index (χ4v) is 1.91. The van der Waals surface area contributed by atoms with Gasteiger partial charge in [-0.25, -0.2) is 0 Å². The van der Waals surface area contributed by atoms with Crippen LogP contribution in [0.5, 0.6) is 0 Å². The molecule has 0 unspecified atom stereocenters. The molecule has 0 amide bonds. The first-order valence-corrected chi connectivity index (χ1v) is 5.81. The number of rotatable bonds is 3. The average molecular weight is 255 g/mol. The molecule has 2 heterocycles. The molecule has 2 aromatic heterocycles. The van der Waals surface area contributed by atoms with Crippen LogP contribution in [0.3, 0.4) is 0 Å². The van der Waals surface area contributed by atoms with Crippen LogP contribution in [0.2, 0.25) is 0 Å². The van der Waals surface area contributed by atoms with Crippen molar-refractivity contribution in [3.8, 4) is 6.07 Å². The van der Waals surface area contributed by atoms with Crippen molar-refractivity contribution in [2.45, 2.75) is 20.1 Å². The summed E-state index contributed by atoms with van der Waals surface area (Å²) in [4.78, 5) is 16.1. The van der Waals surface area contributed by atoms with Crippen LogP contribution in [0.4, 0.5) is 0 Å². The zero-order valence-corrected chi connectivity index (χ0v) is 10.5. The van der Waals surface area contributed by atoms with Gasteiger partial charge in [-0.2, -0.15) is 5.26 Å². The van der Waals surface area contributed by atoms with Gasteiger partial charge in [-0.05, 0) is 30.7 Å². The summed E-state index contributed by atoms with van der Waals surface area (Å²) in [5.74, 6) is 0. The molecule has 0 saturated heterocycles. The predicted molar refractivity (Wildman–Crippen MR) is 69.4 cm³/mol. The number of aliphatic hydroxyl groups excluding tert-OH is 1. The van der Waals surface area contributed by atoms with Crippen LogP contribution in [0.25, 0.3) is 0 Å². The number of nitrogens with zero attached hydrogens (tertiary/aromatic N) is 3. The van der Waals surface area contributed by atoms with E-state index in [2.05, 4.69) is 4.98 Å². The Balaban J connectivity index is 2.46. The van der Waals surface area contributed by atoms with E-state index < -0.39 is 0 Å². The Bertz CT molecular complexity index is 699. The SMILES string of the molecule is Cc1ccnc(Cn2cccc(C#N)c2=O)c1CO. The molecule has 1 N–H and O–H groups in total. The number of nitriles is 1. The van der Waals surface area contributed by atoms with Gasteiger partial charge < -0.3 is 9.67 Å². The smallest absolute Gasteiger partial charge is 0.268 e. The maximum absolute atomic E-state index is 11.9. The lowest BCUT2D eigenvalue weighted by molar-refractivity contribution is 0.279. The first-order chi connectivity index (χ1) is 9.17. The van der Waals surface area contributed by atoms with Crippen molar-refractivity contribution < 1.29 is 5.11 Å². The van der Waals surface area contributed by atoms with E-state index in [0.717, 1.165) is 11.1 Å². The molecule has 96 valence electrons. The zero-order chi connectivity index (χ0) is 13.8. The molecule has 0 aliphatic heterocycles. The molecule has 0 atom stereocenters. The minimum Gasteiger partial charge on any atom is -0.392 e. The number of pyridine rings is 2. The second kappa shape index (κ2) is 5.46. The summed E-state index contributed by atoms with van der Waals surface area (Å²) in [5.41, 5.74) is 2.03. The van der Waals surface area contributed by atoms with Crippen LogP contribution in [0.15, 0.2) is 35.4 Å². The number of aromatic nitrogens is 2. The van der Waals surface area contributed by atoms with Crippen LogP contribution in [-0.4, -0.2) is 14.7 Å². The van der Waals surface area contributed by atoms with Crippen LogP contribution in [-0.2, 0) is 13.2 Å². The summed E-state index contributed by atoms with van der Waals surface area (Å²) in [6.45, 7) is 2.00. The standard InChI is InChI=1S/C14H13N3O2/c1-10-4-5-16-13(12(10)9-18)8-17-6-2-3-11(7-15)14(17)19/h2-6,18H,8-9H2,1H3. The molecular weight excluding hydrogens is 242 g/mol. The molecule has 5 heteroatoms. The van der Waals surface area contributed by atoms with Crippen molar-refractivity contribution in [3.63, 3.8) is 0 Å². The molecule has 0 aliphatic carbocycles. The van der Waals surface area contributed by atoms with Crippen molar-refractivity contribution >= 4 is 0 Å². The van der Waals surface area contributed by atoms with Crippen LogP contribution in [0.1, 0.15) is 22.4 Å². The Morgan fingerprint density at radius 2 is 2.26 bits per heavy atom. The minimum absolute atomic E-state index is 0.0979. The largest absolute Gasteiger partial charge is 0.392 e. The molecule has 0 aromatic carbocycles.